The van der Waals surface area contributed by atoms with Crippen LogP contribution in [0.5, 0.6) is 0 Å². The Bertz CT molecular complexity index is 1420. The molecule has 0 saturated carbocycles. The first-order valence-electron chi connectivity index (χ1n) is 13.3. The Hall–Kier alpha value is -4.25. The number of terminal acetylenes is 1. The van der Waals surface area contributed by atoms with E-state index >= 15 is 0 Å². The number of carbonyl (C=O) groups excluding carboxylic acids is 2. The van der Waals surface area contributed by atoms with Crippen molar-refractivity contribution in [2.75, 3.05) is 13.7 Å². The van der Waals surface area contributed by atoms with Gasteiger partial charge >= 0.3 is 5.97 Å². The highest BCUT2D eigenvalue weighted by Gasteiger charge is 2.33. The molecule has 0 unspecified atom stereocenters. The van der Waals surface area contributed by atoms with Gasteiger partial charge in [0.2, 0.25) is 0 Å². The number of hydrazone groups is 1. The summed E-state index contributed by atoms with van der Waals surface area (Å²) in [5, 5.41) is 9.64. The minimum absolute atomic E-state index is 0.187. The number of nitrogens with zero attached hydrogens (tertiary/aromatic N) is 2. The highest BCUT2D eigenvalue weighted by molar-refractivity contribution is 6.35. The number of methoxy groups -OCH3 is 1. The summed E-state index contributed by atoms with van der Waals surface area (Å²) in [4.78, 5) is 25.1. The predicted molar refractivity (Wildman–Crippen MR) is 171 cm³/mol. The van der Waals surface area contributed by atoms with Gasteiger partial charge in [-0.05, 0) is 47.4 Å². The molecule has 4 rings (SSSR count). The van der Waals surface area contributed by atoms with Gasteiger partial charge in [0.15, 0.2) is 11.5 Å². The summed E-state index contributed by atoms with van der Waals surface area (Å²) in [6.45, 7) is 6.22. The quantitative estimate of drug-likeness (QED) is 0.165. The third-order valence-electron chi connectivity index (χ3n) is 5.69. The van der Waals surface area contributed by atoms with E-state index in [9.17, 15) is 9.59 Å². The fourth-order valence-corrected chi connectivity index (χ4v) is 4.59. The first-order chi connectivity index (χ1) is 20.3. The zero-order valence-corrected chi connectivity index (χ0v) is 25.7. The summed E-state index contributed by atoms with van der Waals surface area (Å²) >= 11 is 12.6. The van der Waals surface area contributed by atoms with E-state index in [1.165, 1.54) is 13.5 Å². The largest absolute Gasteiger partial charge is 0.486 e. The molecule has 0 radical (unpaired) electrons. The highest BCUT2D eigenvalue weighted by atomic mass is 35.5. The minimum Gasteiger partial charge on any atom is -0.486 e. The lowest BCUT2D eigenvalue weighted by Gasteiger charge is -2.32. The molecule has 3 aromatic rings. The van der Waals surface area contributed by atoms with Gasteiger partial charge in [-0.2, -0.15) is 5.10 Å². The van der Waals surface area contributed by atoms with Crippen LogP contribution in [0.1, 0.15) is 43.9 Å². The molecular formula is C33H35Cl2N3O4. The van der Waals surface area contributed by atoms with E-state index in [0.29, 0.717) is 15.8 Å². The van der Waals surface area contributed by atoms with E-state index in [-0.39, 0.29) is 25.4 Å². The van der Waals surface area contributed by atoms with Gasteiger partial charge in [-0.3, -0.25) is 14.6 Å². The maximum absolute atomic E-state index is 13.4. The van der Waals surface area contributed by atoms with E-state index in [0.717, 1.165) is 27.8 Å². The molecule has 1 amide bonds. The van der Waals surface area contributed by atoms with Crippen LogP contribution in [0.4, 0.5) is 0 Å². The van der Waals surface area contributed by atoms with Crippen LogP contribution in [0.2, 0.25) is 10.0 Å². The van der Waals surface area contributed by atoms with Crippen molar-refractivity contribution >= 4 is 47.1 Å². The fraction of sp³-hybridized carbons (Fsp3) is 0.242. The van der Waals surface area contributed by atoms with Gasteiger partial charge in [-0.1, -0.05) is 92.0 Å². The molecule has 1 N–H and O–H groups in total. The number of hydrogen-bond acceptors (Lipinski definition) is 6. The lowest BCUT2D eigenvalue weighted by Crippen LogP contribution is -2.38. The van der Waals surface area contributed by atoms with Crippen molar-refractivity contribution in [3.05, 3.63) is 99.2 Å². The number of benzene rings is 3. The van der Waals surface area contributed by atoms with Gasteiger partial charge in [-0.25, -0.2) is 0 Å². The van der Waals surface area contributed by atoms with Crippen molar-refractivity contribution in [2.45, 2.75) is 40.3 Å². The highest BCUT2D eigenvalue weighted by Crippen LogP contribution is 2.40. The van der Waals surface area contributed by atoms with Crippen molar-refractivity contribution in [2.24, 2.45) is 5.10 Å². The lowest BCUT2D eigenvalue weighted by atomic mass is 9.91. The van der Waals surface area contributed by atoms with E-state index in [2.05, 4.69) is 41.8 Å². The van der Waals surface area contributed by atoms with Crippen LogP contribution in [0.3, 0.4) is 0 Å². The average Bonchev–Trinajstić information content (AvgIpc) is 2.99. The van der Waals surface area contributed by atoms with E-state index in [4.69, 9.17) is 27.9 Å². The molecule has 1 heterocycles. The summed E-state index contributed by atoms with van der Waals surface area (Å²) in [6.07, 6.45) is 10.8. The van der Waals surface area contributed by atoms with Crippen LogP contribution in [0, 0.1) is 12.8 Å². The van der Waals surface area contributed by atoms with Gasteiger partial charge in [0.1, 0.15) is 13.2 Å². The van der Waals surface area contributed by atoms with Gasteiger partial charge in [0.05, 0.1) is 13.7 Å². The Labute approximate surface area is 258 Å². The van der Waals surface area contributed by atoms with Gasteiger partial charge in [0, 0.05) is 21.8 Å². The molecule has 9 heteroatoms. The molecule has 1 aliphatic heterocycles. The first kappa shape index (κ1) is 34.0. The smallest absolute Gasteiger partial charge is 0.325 e. The molecule has 0 atom stereocenters. The van der Waals surface area contributed by atoms with Crippen molar-refractivity contribution in [1.82, 2.24) is 10.3 Å². The Morgan fingerprint density at radius 1 is 1.00 bits per heavy atom. The van der Waals surface area contributed by atoms with Crippen molar-refractivity contribution in [3.8, 4) is 24.0 Å². The molecule has 42 heavy (non-hydrogen) atoms. The average molecular weight is 609 g/mol. The van der Waals surface area contributed by atoms with Crippen LogP contribution >= 0.6 is 23.2 Å². The Balaban J connectivity index is 0.00000116. The van der Waals surface area contributed by atoms with E-state index < -0.39 is 11.9 Å². The maximum atomic E-state index is 13.4. The monoisotopic (exact) mass is 607 g/mol. The second-order valence-electron chi connectivity index (χ2n) is 8.84. The van der Waals surface area contributed by atoms with Crippen LogP contribution in [0.25, 0.3) is 16.9 Å². The lowest BCUT2D eigenvalue weighted by molar-refractivity contribution is -0.140. The zero-order chi connectivity index (χ0) is 31.1. The number of halogens is 2. The predicted octanol–water partition coefficient (Wildman–Crippen LogP) is 7.32. The fourth-order valence-electron chi connectivity index (χ4n) is 4.07. The second-order valence-corrected chi connectivity index (χ2v) is 9.71. The zero-order valence-electron chi connectivity index (χ0n) is 24.2. The second kappa shape index (κ2) is 17.5. The number of hydrogen-bond donors (Lipinski definition) is 1. The SMILES string of the molecule is C#C.C/C=N\N1Cc2c(cccc2-c2cc(Cl)cc(Cl)c2)C(OCc2ccccc2)=C1C(=O)NCC(=O)OC.CCC. The molecule has 0 aromatic heterocycles. The molecule has 7 nitrogen and oxygen atoms in total. The van der Waals surface area contributed by atoms with Gasteiger partial charge in [0.25, 0.3) is 5.91 Å². The van der Waals surface area contributed by atoms with Crippen LogP contribution < -0.4 is 5.32 Å². The van der Waals surface area contributed by atoms with Gasteiger partial charge < -0.3 is 14.8 Å². The molecule has 1 aliphatic rings. The van der Waals surface area contributed by atoms with Crippen molar-refractivity contribution in [1.29, 1.82) is 0 Å². The maximum Gasteiger partial charge on any atom is 0.325 e. The number of rotatable bonds is 8. The molecule has 0 bridgehead atoms. The molecule has 0 saturated heterocycles. The Kier molecular flexibility index (Phi) is 14.2. The molecule has 3 aromatic carbocycles. The van der Waals surface area contributed by atoms with Crippen LogP contribution in [-0.2, 0) is 32.2 Å². The molecule has 0 aliphatic carbocycles. The summed E-state index contributed by atoms with van der Waals surface area (Å²) in [5.41, 5.74) is 4.45. The molecule has 220 valence electrons. The van der Waals surface area contributed by atoms with Crippen molar-refractivity contribution in [3.63, 3.8) is 0 Å². The summed E-state index contributed by atoms with van der Waals surface area (Å²) < 4.78 is 11.0. The topological polar surface area (TPSA) is 80.2 Å². The standard InChI is InChI=1S/C28H25Cl2N3O4.C3H8.C2H2/c1-3-32-33-16-24-22(19-12-20(29)14-21(30)13-19)10-7-11-23(24)27(37-17-18-8-5-4-6-9-18)26(33)28(35)31-15-25(34)36-2;1-3-2;1-2/h3-14H,15-17H2,1-2H3,(H,31,35);3H2,1-2H3;1-2H/b32-3-;;. The number of fused-ring (bicyclic) bond motifs is 1. The summed E-state index contributed by atoms with van der Waals surface area (Å²) in [5.74, 6) is -0.739. The number of ether oxygens (including phenoxy) is 2. The molecule has 0 spiro atoms. The first-order valence-corrected chi connectivity index (χ1v) is 14.0. The third kappa shape index (κ3) is 9.13. The van der Waals surface area contributed by atoms with E-state index in [1.54, 1.807) is 24.2 Å². The normalized spacial score (nSPS) is 11.9. The summed E-state index contributed by atoms with van der Waals surface area (Å²) in [7, 11) is 1.26. The van der Waals surface area contributed by atoms with Crippen LogP contribution in [-0.4, -0.2) is 36.8 Å². The minimum atomic E-state index is -0.567. The third-order valence-corrected chi connectivity index (χ3v) is 6.13. The van der Waals surface area contributed by atoms with E-state index in [1.807, 2.05) is 60.7 Å². The molecular weight excluding hydrogens is 573 g/mol. The molecule has 0 fully saturated rings. The number of amides is 1. The number of carbonyl (C=O) groups is 2. The van der Waals surface area contributed by atoms with Gasteiger partial charge in [-0.15, -0.1) is 12.8 Å². The van der Waals surface area contributed by atoms with Crippen molar-refractivity contribution < 1.29 is 19.1 Å². The number of nitrogens with one attached hydrogen (secondary N) is 1. The van der Waals surface area contributed by atoms with Crippen LogP contribution in [0.15, 0.2) is 77.5 Å². The Morgan fingerprint density at radius 3 is 2.21 bits per heavy atom. The Morgan fingerprint density at radius 2 is 1.62 bits per heavy atom. The number of esters is 1. The summed E-state index contributed by atoms with van der Waals surface area (Å²) in [6, 6.07) is 20.7.